The molecule has 1 saturated heterocycles. The van der Waals surface area contributed by atoms with Crippen LogP contribution in [0.15, 0.2) is 11.6 Å². The van der Waals surface area contributed by atoms with E-state index < -0.39 is 5.60 Å². The maximum absolute atomic E-state index is 12.1. The van der Waals surface area contributed by atoms with Gasteiger partial charge in [0.15, 0.2) is 5.78 Å². The molecule has 0 radical (unpaired) electrons. The standard InChI is InChI=1S/C15H23NO3/c1-14(2,3)19-13(18)16-8-6-11-9-12(17)5-7-15(11,4)10-16/h9H,5-8,10H2,1-4H3/t15-/m1/s1. The van der Waals surface area contributed by atoms with Gasteiger partial charge in [-0.3, -0.25) is 4.79 Å². The second kappa shape index (κ2) is 4.66. The van der Waals surface area contributed by atoms with Crippen LogP contribution < -0.4 is 0 Å². The van der Waals surface area contributed by atoms with Gasteiger partial charge < -0.3 is 9.64 Å². The van der Waals surface area contributed by atoms with Gasteiger partial charge in [0, 0.05) is 24.9 Å². The Hall–Kier alpha value is -1.32. The number of amides is 1. The monoisotopic (exact) mass is 265 g/mol. The number of nitrogens with zero attached hydrogens (tertiary/aromatic N) is 1. The number of carbonyl (C=O) groups excluding carboxylic acids is 2. The van der Waals surface area contributed by atoms with Gasteiger partial charge in [-0.15, -0.1) is 0 Å². The fourth-order valence-corrected chi connectivity index (χ4v) is 2.79. The summed E-state index contributed by atoms with van der Waals surface area (Å²) in [5.74, 6) is 0.221. The fourth-order valence-electron chi connectivity index (χ4n) is 2.79. The number of carbonyl (C=O) groups is 2. The van der Waals surface area contributed by atoms with Crippen LogP contribution in [0.4, 0.5) is 4.79 Å². The van der Waals surface area contributed by atoms with Crippen molar-refractivity contribution in [2.75, 3.05) is 13.1 Å². The van der Waals surface area contributed by atoms with Crippen LogP contribution in [0, 0.1) is 5.41 Å². The predicted molar refractivity (Wildman–Crippen MR) is 72.9 cm³/mol. The lowest BCUT2D eigenvalue weighted by Gasteiger charge is -2.44. The molecule has 1 heterocycles. The molecule has 0 spiro atoms. The summed E-state index contributed by atoms with van der Waals surface area (Å²) in [4.78, 5) is 25.4. The van der Waals surface area contributed by atoms with Crippen molar-refractivity contribution in [3.63, 3.8) is 0 Å². The van der Waals surface area contributed by atoms with Crippen LogP contribution in [-0.2, 0) is 9.53 Å². The summed E-state index contributed by atoms with van der Waals surface area (Å²) in [7, 11) is 0. The highest BCUT2D eigenvalue weighted by molar-refractivity contribution is 5.91. The van der Waals surface area contributed by atoms with E-state index in [1.807, 2.05) is 20.8 Å². The number of allylic oxidation sites excluding steroid dienone is 1. The predicted octanol–water partition coefficient (Wildman–Crippen LogP) is 2.92. The zero-order valence-electron chi connectivity index (χ0n) is 12.3. The maximum atomic E-state index is 12.1. The minimum atomic E-state index is -0.462. The van der Waals surface area contributed by atoms with Crippen LogP contribution >= 0.6 is 0 Å². The SMILES string of the molecule is CC(C)(C)OC(=O)N1CCC2=CC(=O)CC[C@]2(C)C1. The molecular weight excluding hydrogens is 242 g/mol. The number of hydrogen-bond donors (Lipinski definition) is 0. The van der Waals surface area contributed by atoms with E-state index >= 15 is 0 Å². The molecule has 1 atom stereocenters. The van der Waals surface area contributed by atoms with Gasteiger partial charge in [-0.25, -0.2) is 4.79 Å². The highest BCUT2D eigenvalue weighted by Gasteiger charge is 2.40. The Morgan fingerprint density at radius 1 is 1.37 bits per heavy atom. The summed E-state index contributed by atoms with van der Waals surface area (Å²) in [6.07, 6.45) is 3.74. The second-order valence-corrected chi connectivity index (χ2v) is 6.85. The molecule has 0 aromatic carbocycles. The van der Waals surface area contributed by atoms with Gasteiger partial charge in [-0.05, 0) is 39.7 Å². The number of fused-ring (bicyclic) bond motifs is 1. The smallest absolute Gasteiger partial charge is 0.410 e. The van der Waals surface area contributed by atoms with Gasteiger partial charge in [-0.1, -0.05) is 12.5 Å². The summed E-state index contributed by atoms with van der Waals surface area (Å²) in [6, 6.07) is 0. The Morgan fingerprint density at radius 2 is 2.05 bits per heavy atom. The van der Waals surface area contributed by atoms with Gasteiger partial charge in [0.25, 0.3) is 0 Å². The van der Waals surface area contributed by atoms with Gasteiger partial charge in [0.1, 0.15) is 5.60 Å². The number of hydrogen-bond acceptors (Lipinski definition) is 3. The molecule has 1 aliphatic carbocycles. The average Bonchev–Trinajstić information content (AvgIpc) is 2.27. The van der Waals surface area contributed by atoms with E-state index in [0.717, 1.165) is 12.8 Å². The van der Waals surface area contributed by atoms with Crippen molar-refractivity contribution in [1.29, 1.82) is 0 Å². The Bertz CT molecular complexity index is 433. The number of rotatable bonds is 0. The van der Waals surface area contributed by atoms with E-state index in [4.69, 9.17) is 4.74 Å². The largest absolute Gasteiger partial charge is 0.444 e. The molecule has 2 rings (SSSR count). The van der Waals surface area contributed by atoms with Crippen LogP contribution in [0.5, 0.6) is 0 Å². The van der Waals surface area contributed by atoms with E-state index in [1.54, 1.807) is 11.0 Å². The van der Waals surface area contributed by atoms with Gasteiger partial charge in [0.2, 0.25) is 0 Å². The number of piperidine rings is 1. The Labute approximate surface area is 114 Å². The lowest BCUT2D eigenvalue weighted by atomic mass is 9.70. The Morgan fingerprint density at radius 3 is 2.68 bits per heavy atom. The molecule has 2 aliphatic rings. The molecule has 0 aromatic heterocycles. The van der Waals surface area contributed by atoms with E-state index in [-0.39, 0.29) is 17.3 Å². The maximum Gasteiger partial charge on any atom is 0.410 e. The topological polar surface area (TPSA) is 46.6 Å². The zero-order chi connectivity index (χ0) is 14.3. The molecule has 0 saturated carbocycles. The first-order valence-electron chi connectivity index (χ1n) is 6.91. The van der Waals surface area contributed by atoms with Crippen molar-refractivity contribution in [1.82, 2.24) is 4.90 Å². The molecule has 1 aliphatic heterocycles. The highest BCUT2D eigenvalue weighted by atomic mass is 16.6. The molecule has 106 valence electrons. The summed E-state index contributed by atoms with van der Waals surface area (Å²) >= 11 is 0. The molecular formula is C15H23NO3. The van der Waals surface area contributed by atoms with Crippen molar-refractivity contribution in [2.24, 2.45) is 5.41 Å². The van der Waals surface area contributed by atoms with Crippen LogP contribution in [-0.4, -0.2) is 35.5 Å². The Kier molecular flexibility index (Phi) is 3.45. The third-order valence-corrected chi connectivity index (χ3v) is 3.88. The first-order valence-corrected chi connectivity index (χ1v) is 6.91. The summed E-state index contributed by atoms with van der Waals surface area (Å²) in [6.45, 7) is 9.07. The van der Waals surface area contributed by atoms with E-state index in [9.17, 15) is 9.59 Å². The van der Waals surface area contributed by atoms with Crippen molar-refractivity contribution >= 4 is 11.9 Å². The fraction of sp³-hybridized carbons (Fsp3) is 0.733. The van der Waals surface area contributed by atoms with Gasteiger partial charge in [-0.2, -0.15) is 0 Å². The van der Waals surface area contributed by atoms with E-state index in [0.29, 0.717) is 19.5 Å². The van der Waals surface area contributed by atoms with Crippen LogP contribution in [0.2, 0.25) is 0 Å². The van der Waals surface area contributed by atoms with Crippen LogP contribution in [0.25, 0.3) is 0 Å². The molecule has 19 heavy (non-hydrogen) atoms. The lowest BCUT2D eigenvalue weighted by Crippen LogP contribution is -2.48. The van der Waals surface area contributed by atoms with Gasteiger partial charge in [0.05, 0.1) is 0 Å². The average molecular weight is 265 g/mol. The van der Waals surface area contributed by atoms with Crippen molar-refractivity contribution in [3.8, 4) is 0 Å². The molecule has 1 fully saturated rings. The van der Waals surface area contributed by atoms with Crippen LogP contribution in [0.3, 0.4) is 0 Å². The first kappa shape index (κ1) is 14.1. The third-order valence-electron chi connectivity index (χ3n) is 3.88. The molecule has 0 N–H and O–H groups in total. The number of ether oxygens (including phenoxy) is 1. The molecule has 0 bridgehead atoms. The molecule has 0 aromatic rings. The summed E-state index contributed by atoms with van der Waals surface area (Å²) in [5.41, 5.74) is 0.684. The molecule has 1 amide bonds. The molecule has 4 nitrogen and oxygen atoms in total. The normalized spacial score (nSPS) is 27.7. The van der Waals surface area contributed by atoms with Crippen molar-refractivity contribution < 1.29 is 14.3 Å². The van der Waals surface area contributed by atoms with Gasteiger partial charge >= 0.3 is 6.09 Å². The minimum Gasteiger partial charge on any atom is -0.444 e. The highest BCUT2D eigenvalue weighted by Crippen LogP contribution is 2.41. The second-order valence-electron chi connectivity index (χ2n) is 6.85. The quantitative estimate of drug-likeness (QED) is 0.676. The van der Waals surface area contributed by atoms with E-state index in [1.165, 1.54) is 5.57 Å². The molecule has 4 heteroatoms. The Balaban J connectivity index is 2.08. The molecule has 0 unspecified atom stereocenters. The number of likely N-dealkylation sites (tertiary alicyclic amines) is 1. The minimum absolute atomic E-state index is 0.0525. The zero-order valence-corrected chi connectivity index (χ0v) is 12.3. The third kappa shape index (κ3) is 3.17. The summed E-state index contributed by atoms with van der Waals surface area (Å²) < 4.78 is 5.42. The number of ketones is 1. The first-order chi connectivity index (χ1) is 8.70. The van der Waals surface area contributed by atoms with Crippen LogP contribution in [0.1, 0.15) is 47.0 Å². The van der Waals surface area contributed by atoms with Crippen molar-refractivity contribution in [2.45, 2.75) is 52.6 Å². The van der Waals surface area contributed by atoms with E-state index in [2.05, 4.69) is 6.92 Å². The van der Waals surface area contributed by atoms with Crippen molar-refractivity contribution in [3.05, 3.63) is 11.6 Å². The lowest BCUT2D eigenvalue weighted by molar-refractivity contribution is -0.116. The summed E-state index contributed by atoms with van der Waals surface area (Å²) in [5, 5.41) is 0.